The summed E-state index contributed by atoms with van der Waals surface area (Å²) >= 11 is 0. The molecule has 0 aliphatic carbocycles. The van der Waals surface area contributed by atoms with Gasteiger partial charge in [0.2, 0.25) is 5.91 Å². The van der Waals surface area contributed by atoms with Gasteiger partial charge in [-0.15, -0.1) is 0 Å². The van der Waals surface area contributed by atoms with E-state index in [0.717, 1.165) is 32.1 Å². The maximum Gasteiger partial charge on any atom is 0.249 e. The Morgan fingerprint density at radius 2 is 0.762 bits per heavy atom. The first-order chi connectivity index (χ1) is 20.6. The molecule has 0 aliphatic rings. The molecule has 0 aliphatic heterocycles. The van der Waals surface area contributed by atoms with Gasteiger partial charge in [0, 0.05) is 0 Å². The quantitative estimate of drug-likeness (QED) is 0.0556. The molecule has 5 heteroatoms. The van der Waals surface area contributed by atoms with Gasteiger partial charge in [0.05, 0.1) is 18.8 Å². The van der Waals surface area contributed by atoms with Gasteiger partial charge < -0.3 is 20.6 Å². The molecule has 0 spiro atoms. The molecule has 0 radical (unpaired) electrons. The zero-order chi connectivity index (χ0) is 30.9. The highest BCUT2D eigenvalue weighted by Crippen LogP contribution is 2.16. The van der Waals surface area contributed by atoms with Gasteiger partial charge >= 0.3 is 0 Å². The summed E-state index contributed by atoms with van der Waals surface area (Å²) in [4.78, 5) is 12.4. The number of rotatable bonds is 34. The van der Waals surface area contributed by atoms with Crippen LogP contribution in [0.3, 0.4) is 0 Å². The second-order valence-corrected chi connectivity index (χ2v) is 13.2. The van der Waals surface area contributed by atoms with Gasteiger partial charge in [0.25, 0.3) is 0 Å². The fourth-order valence-corrected chi connectivity index (χ4v) is 5.95. The predicted molar refractivity (Wildman–Crippen MR) is 181 cm³/mol. The first-order valence-electron chi connectivity index (χ1n) is 18.8. The van der Waals surface area contributed by atoms with Gasteiger partial charge in [-0.3, -0.25) is 4.79 Å². The molecule has 0 fully saturated rings. The van der Waals surface area contributed by atoms with Crippen LogP contribution in [0, 0.1) is 0 Å². The van der Waals surface area contributed by atoms with Crippen molar-refractivity contribution >= 4 is 5.91 Å². The molecule has 3 atom stereocenters. The Labute approximate surface area is 262 Å². The van der Waals surface area contributed by atoms with Crippen molar-refractivity contribution in [3.8, 4) is 0 Å². The molecule has 4 N–H and O–H groups in total. The van der Waals surface area contributed by atoms with Crippen LogP contribution in [-0.2, 0) is 4.79 Å². The van der Waals surface area contributed by atoms with Crippen molar-refractivity contribution in [3.05, 3.63) is 0 Å². The summed E-state index contributed by atoms with van der Waals surface area (Å²) < 4.78 is 0. The Bertz CT molecular complexity index is 544. The van der Waals surface area contributed by atoms with E-state index in [9.17, 15) is 20.1 Å². The zero-order valence-electron chi connectivity index (χ0n) is 28.4. The van der Waals surface area contributed by atoms with E-state index < -0.39 is 24.2 Å². The SMILES string of the molecule is CCCCCCCCCCCCCCCCCC(O)C(=O)NC(CO)C(O)CCCCCCCCCCCCCCC. The van der Waals surface area contributed by atoms with Gasteiger partial charge in [0.1, 0.15) is 6.10 Å². The number of hydrogen-bond donors (Lipinski definition) is 4. The fourth-order valence-electron chi connectivity index (χ4n) is 5.95. The summed E-state index contributed by atoms with van der Waals surface area (Å²) in [6.45, 7) is 4.22. The third-order valence-corrected chi connectivity index (χ3v) is 8.98. The van der Waals surface area contributed by atoms with E-state index in [0.29, 0.717) is 12.8 Å². The smallest absolute Gasteiger partial charge is 0.249 e. The van der Waals surface area contributed by atoms with E-state index in [2.05, 4.69) is 19.2 Å². The Hall–Kier alpha value is -0.650. The highest BCUT2D eigenvalue weighted by molar-refractivity contribution is 5.80. The molecule has 0 heterocycles. The number of carbonyl (C=O) groups excluding carboxylic acids is 1. The molecular formula is C37H75NO4. The molecule has 0 aromatic carbocycles. The maximum absolute atomic E-state index is 12.4. The molecule has 0 rings (SSSR count). The van der Waals surface area contributed by atoms with Gasteiger partial charge in [0.15, 0.2) is 0 Å². The lowest BCUT2D eigenvalue weighted by atomic mass is 10.0. The molecule has 3 unspecified atom stereocenters. The molecule has 42 heavy (non-hydrogen) atoms. The lowest BCUT2D eigenvalue weighted by Crippen LogP contribution is -2.49. The third kappa shape index (κ3) is 28.1. The number of aliphatic hydroxyl groups excluding tert-OH is 3. The average molecular weight is 598 g/mol. The molecule has 0 bridgehead atoms. The first kappa shape index (κ1) is 41.4. The average Bonchev–Trinajstić information content (AvgIpc) is 2.99. The lowest BCUT2D eigenvalue weighted by Gasteiger charge is -2.23. The maximum atomic E-state index is 12.4. The van der Waals surface area contributed by atoms with Crippen LogP contribution in [0.1, 0.15) is 206 Å². The monoisotopic (exact) mass is 598 g/mol. The minimum atomic E-state index is -1.07. The molecule has 0 aromatic heterocycles. The van der Waals surface area contributed by atoms with Crippen LogP contribution in [0.5, 0.6) is 0 Å². The van der Waals surface area contributed by atoms with Crippen LogP contribution in [-0.4, -0.2) is 46.1 Å². The molecule has 0 saturated carbocycles. The van der Waals surface area contributed by atoms with E-state index in [1.54, 1.807) is 0 Å². The molecule has 252 valence electrons. The standard InChI is InChI=1S/C37H75NO4/c1-3-5-7-9-11-13-15-17-18-20-22-24-26-28-30-32-36(41)37(42)38-34(33-39)35(40)31-29-27-25-23-21-19-16-14-12-10-8-6-4-2/h34-36,39-41H,3-33H2,1-2H3,(H,38,42). The van der Waals surface area contributed by atoms with Crippen molar-refractivity contribution in [3.63, 3.8) is 0 Å². The van der Waals surface area contributed by atoms with Crippen molar-refractivity contribution in [2.24, 2.45) is 0 Å². The van der Waals surface area contributed by atoms with E-state index in [1.165, 1.54) is 148 Å². The van der Waals surface area contributed by atoms with Gasteiger partial charge in [-0.2, -0.15) is 0 Å². The number of nitrogens with one attached hydrogen (secondary N) is 1. The van der Waals surface area contributed by atoms with Crippen molar-refractivity contribution in [1.82, 2.24) is 5.32 Å². The first-order valence-corrected chi connectivity index (χ1v) is 18.8. The number of unbranched alkanes of at least 4 members (excludes halogenated alkanes) is 26. The molecule has 0 saturated heterocycles. The largest absolute Gasteiger partial charge is 0.394 e. The Morgan fingerprint density at radius 3 is 1.07 bits per heavy atom. The van der Waals surface area contributed by atoms with Crippen molar-refractivity contribution in [2.45, 2.75) is 225 Å². The van der Waals surface area contributed by atoms with Crippen molar-refractivity contribution in [1.29, 1.82) is 0 Å². The van der Waals surface area contributed by atoms with Gasteiger partial charge in [-0.25, -0.2) is 0 Å². The van der Waals surface area contributed by atoms with E-state index in [4.69, 9.17) is 0 Å². The second kappa shape index (κ2) is 33.2. The van der Waals surface area contributed by atoms with Crippen LogP contribution in [0.2, 0.25) is 0 Å². The number of hydrogen-bond acceptors (Lipinski definition) is 4. The normalized spacial score (nSPS) is 13.7. The fraction of sp³-hybridized carbons (Fsp3) is 0.973. The van der Waals surface area contributed by atoms with Crippen molar-refractivity contribution < 1.29 is 20.1 Å². The van der Waals surface area contributed by atoms with Crippen molar-refractivity contribution in [2.75, 3.05) is 6.61 Å². The van der Waals surface area contributed by atoms with Crippen LogP contribution in [0.25, 0.3) is 0 Å². The van der Waals surface area contributed by atoms with E-state index >= 15 is 0 Å². The Kier molecular flexibility index (Phi) is 32.7. The zero-order valence-corrected chi connectivity index (χ0v) is 28.4. The molecule has 5 nitrogen and oxygen atoms in total. The van der Waals surface area contributed by atoms with Gasteiger partial charge in [-0.05, 0) is 12.8 Å². The predicted octanol–water partition coefficient (Wildman–Crippen LogP) is 9.93. The van der Waals surface area contributed by atoms with E-state index in [1.807, 2.05) is 0 Å². The Morgan fingerprint density at radius 1 is 0.476 bits per heavy atom. The highest BCUT2D eigenvalue weighted by atomic mass is 16.3. The minimum Gasteiger partial charge on any atom is -0.394 e. The summed E-state index contributed by atoms with van der Waals surface area (Å²) in [7, 11) is 0. The number of carbonyl (C=O) groups is 1. The highest BCUT2D eigenvalue weighted by Gasteiger charge is 2.23. The van der Waals surface area contributed by atoms with Crippen LogP contribution >= 0.6 is 0 Å². The lowest BCUT2D eigenvalue weighted by molar-refractivity contribution is -0.131. The third-order valence-electron chi connectivity index (χ3n) is 8.98. The summed E-state index contributed by atoms with van der Waals surface area (Å²) in [5.74, 6) is -0.469. The Balaban J connectivity index is 3.65. The minimum absolute atomic E-state index is 0.309. The summed E-state index contributed by atoms with van der Waals surface area (Å²) in [6, 6.07) is -0.703. The number of aliphatic hydroxyl groups is 3. The molecule has 0 aromatic rings. The second-order valence-electron chi connectivity index (χ2n) is 13.2. The van der Waals surface area contributed by atoms with Crippen LogP contribution in [0.15, 0.2) is 0 Å². The van der Waals surface area contributed by atoms with Gasteiger partial charge in [-0.1, -0.05) is 194 Å². The summed E-state index contributed by atoms with van der Waals surface area (Å²) in [5, 5.41) is 33.1. The summed E-state index contributed by atoms with van der Waals surface area (Å²) in [5.41, 5.74) is 0. The van der Waals surface area contributed by atoms with E-state index in [-0.39, 0.29) is 6.61 Å². The molecule has 1 amide bonds. The number of amides is 1. The van der Waals surface area contributed by atoms with Crippen LogP contribution in [0.4, 0.5) is 0 Å². The topological polar surface area (TPSA) is 89.8 Å². The molecular weight excluding hydrogens is 522 g/mol. The summed E-state index contributed by atoms with van der Waals surface area (Å²) in [6.07, 6.45) is 35.1. The van der Waals surface area contributed by atoms with Crippen LogP contribution < -0.4 is 5.32 Å².